The summed E-state index contributed by atoms with van der Waals surface area (Å²) in [5.74, 6) is 0.415. The lowest BCUT2D eigenvalue weighted by Crippen LogP contribution is -2.47. The molecule has 0 spiro atoms. The van der Waals surface area contributed by atoms with Crippen molar-refractivity contribution in [1.29, 1.82) is 0 Å². The maximum atomic E-state index is 12.6. The third kappa shape index (κ3) is 6.40. The highest BCUT2D eigenvalue weighted by molar-refractivity contribution is 5.93. The van der Waals surface area contributed by atoms with E-state index >= 15 is 0 Å². The van der Waals surface area contributed by atoms with E-state index in [1.807, 2.05) is 39.0 Å². The van der Waals surface area contributed by atoms with Gasteiger partial charge in [-0.3, -0.25) is 4.79 Å². The van der Waals surface area contributed by atoms with Crippen LogP contribution < -0.4 is 10.6 Å². The first kappa shape index (κ1) is 21.0. The number of hydrogen-bond acceptors (Lipinski definition) is 2. The Morgan fingerprint density at radius 3 is 1.92 bits per heavy atom. The van der Waals surface area contributed by atoms with Crippen molar-refractivity contribution in [3.05, 3.63) is 29.3 Å². The minimum atomic E-state index is -0.316. The van der Waals surface area contributed by atoms with E-state index in [-0.39, 0.29) is 24.0 Å². The van der Waals surface area contributed by atoms with Gasteiger partial charge >= 0.3 is 6.03 Å². The lowest BCUT2D eigenvalue weighted by atomic mass is 9.93. The van der Waals surface area contributed by atoms with Crippen LogP contribution >= 0.6 is 0 Å². The van der Waals surface area contributed by atoms with Crippen LogP contribution in [0.4, 0.5) is 10.5 Å². The monoisotopic (exact) mass is 347 g/mol. The molecule has 140 valence electrons. The molecular weight excluding hydrogens is 314 g/mol. The summed E-state index contributed by atoms with van der Waals surface area (Å²) in [4.78, 5) is 26.0. The van der Waals surface area contributed by atoms with Crippen molar-refractivity contribution in [1.82, 2.24) is 10.2 Å². The number of carbonyl (C=O) groups excluding carboxylic acids is 2. The van der Waals surface area contributed by atoms with Gasteiger partial charge in [-0.2, -0.15) is 0 Å². The third-order valence-corrected chi connectivity index (χ3v) is 3.85. The molecule has 0 fully saturated rings. The van der Waals surface area contributed by atoms with Gasteiger partial charge in [0.1, 0.15) is 6.54 Å². The van der Waals surface area contributed by atoms with E-state index < -0.39 is 0 Å². The summed E-state index contributed by atoms with van der Waals surface area (Å²) < 4.78 is 0. The fourth-order valence-electron chi connectivity index (χ4n) is 2.64. The van der Waals surface area contributed by atoms with Gasteiger partial charge in [-0.1, -0.05) is 45.9 Å². The average Bonchev–Trinajstić information content (AvgIpc) is 2.44. The van der Waals surface area contributed by atoms with E-state index in [1.165, 1.54) is 4.90 Å². The average molecular weight is 348 g/mol. The molecule has 5 nitrogen and oxygen atoms in total. The first-order valence-electron chi connectivity index (χ1n) is 8.88. The standard InChI is InChI=1S/C20H33N3O2/c1-13(2)15-10-9-11-16(14(3)4)18(15)21-19(25)23(8)12-17(24)22-20(5,6)7/h9-11,13-14H,12H2,1-8H3,(H,21,25)(H,22,24). The topological polar surface area (TPSA) is 61.4 Å². The molecule has 0 saturated heterocycles. The number of hydrogen-bond donors (Lipinski definition) is 2. The van der Waals surface area contributed by atoms with E-state index in [2.05, 4.69) is 38.3 Å². The van der Waals surface area contributed by atoms with Crippen LogP contribution in [0.25, 0.3) is 0 Å². The van der Waals surface area contributed by atoms with Crippen molar-refractivity contribution in [3.8, 4) is 0 Å². The van der Waals surface area contributed by atoms with Gasteiger partial charge in [0.2, 0.25) is 5.91 Å². The summed E-state index contributed by atoms with van der Waals surface area (Å²) in [5.41, 5.74) is 2.75. The summed E-state index contributed by atoms with van der Waals surface area (Å²) in [5, 5.41) is 5.88. The Morgan fingerprint density at radius 2 is 1.52 bits per heavy atom. The molecule has 3 amide bonds. The van der Waals surface area contributed by atoms with Crippen LogP contribution in [0.3, 0.4) is 0 Å². The van der Waals surface area contributed by atoms with Crippen molar-refractivity contribution in [2.45, 2.75) is 65.8 Å². The molecule has 0 saturated carbocycles. The second-order valence-electron chi connectivity index (χ2n) is 8.21. The van der Waals surface area contributed by atoms with Crippen LogP contribution in [0.15, 0.2) is 18.2 Å². The van der Waals surface area contributed by atoms with Crippen molar-refractivity contribution >= 4 is 17.6 Å². The fraction of sp³-hybridized carbons (Fsp3) is 0.600. The highest BCUT2D eigenvalue weighted by Gasteiger charge is 2.20. The van der Waals surface area contributed by atoms with Gasteiger partial charge in [0.25, 0.3) is 0 Å². The molecule has 0 radical (unpaired) electrons. The summed E-state index contributed by atoms with van der Waals surface area (Å²) >= 11 is 0. The van der Waals surface area contributed by atoms with Crippen LogP contribution in [-0.4, -0.2) is 36.0 Å². The van der Waals surface area contributed by atoms with Gasteiger partial charge in [-0.15, -0.1) is 0 Å². The fourth-order valence-corrected chi connectivity index (χ4v) is 2.64. The second-order valence-corrected chi connectivity index (χ2v) is 8.21. The Hall–Kier alpha value is -2.04. The van der Waals surface area contributed by atoms with Crippen LogP contribution in [0.1, 0.15) is 71.4 Å². The zero-order valence-electron chi connectivity index (χ0n) is 16.9. The van der Waals surface area contributed by atoms with E-state index in [0.29, 0.717) is 11.8 Å². The normalized spacial score (nSPS) is 11.6. The summed E-state index contributed by atoms with van der Waals surface area (Å²) in [6.45, 7) is 14.2. The zero-order chi connectivity index (χ0) is 19.4. The maximum absolute atomic E-state index is 12.6. The Morgan fingerprint density at radius 1 is 1.04 bits per heavy atom. The Labute approximate surface area is 152 Å². The summed E-state index contributed by atoms with van der Waals surface area (Å²) in [6, 6.07) is 5.83. The molecule has 0 unspecified atom stereocenters. The molecule has 0 bridgehead atoms. The largest absolute Gasteiger partial charge is 0.350 e. The molecule has 0 aliphatic carbocycles. The van der Waals surface area contributed by atoms with Crippen LogP contribution in [0.2, 0.25) is 0 Å². The van der Waals surface area contributed by atoms with Crippen LogP contribution in [0, 0.1) is 0 Å². The smallest absolute Gasteiger partial charge is 0.322 e. The highest BCUT2D eigenvalue weighted by atomic mass is 16.2. The van der Waals surface area contributed by atoms with Gasteiger partial charge in [0, 0.05) is 18.3 Å². The predicted molar refractivity (Wildman–Crippen MR) is 104 cm³/mol. The third-order valence-electron chi connectivity index (χ3n) is 3.85. The van der Waals surface area contributed by atoms with E-state index in [4.69, 9.17) is 0 Å². The molecule has 0 heterocycles. The first-order valence-corrected chi connectivity index (χ1v) is 8.88. The van der Waals surface area contributed by atoms with Gasteiger partial charge in [0.15, 0.2) is 0 Å². The van der Waals surface area contributed by atoms with Gasteiger partial charge in [-0.25, -0.2) is 4.79 Å². The number of amides is 3. The number of nitrogens with zero attached hydrogens (tertiary/aromatic N) is 1. The van der Waals surface area contributed by atoms with Crippen molar-refractivity contribution in [2.24, 2.45) is 0 Å². The van der Waals surface area contributed by atoms with E-state index in [1.54, 1.807) is 7.05 Å². The molecule has 1 rings (SSSR count). The number of likely N-dealkylation sites (N-methyl/N-ethyl adjacent to an activating group) is 1. The molecular formula is C20H33N3O2. The molecule has 0 aliphatic rings. The lowest BCUT2D eigenvalue weighted by molar-refractivity contribution is -0.122. The Bertz CT molecular complexity index is 590. The van der Waals surface area contributed by atoms with Gasteiger partial charge < -0.3 is 15.5 Å². The first-order chi connectivity index (χ1) is 11.4. The minimum Gasteiger partial charge on any atom is -0.350 e. The van der Waals surface area contributed by atoms with Crippen LogP contribution in [-0.2, 0) is 4.79 Å². The van der Waals surface area contributed by atoms with Crippen molar-refractivity contribution in [2.75, 3.05) is 18.9 Å². The molecule has 1 aromatic carbocycles. The van der Waals surface area contributed by atoms with Gasteiger partial charge in [0.05, 0.1) is 0 Å². The second kappa shape index (κ2) is 8.37. The van der Waals surface area contributed by atoms with E-state index in [0.717, 1.165) is 16.8 Å². The number of anilines is 1. The predicted octanol–water partition coefficient (Wildman–Crippen LogP) is 4.31. The number of para-hydroxylation sites is 1. The number of rotatable bonds is 5. The molecule has 0 aliphatic heterocycles. The summed E-state index contributed by atoms with van der Waals surface area (Å²) in [6.07, 6.45) is 0. The molecule has 0 aromatic heterocycles. The summed E-state index contributed by atoms with van der Waals surface area (Å²) in [7, 11) is 1.63. The highest BCUT2D eigenvalue weighted by Crippen LogP contribution is 2.32. The van der Waals surface area contributed by atoms with Crippen molar-refractivity contribution in [3.63, 3.8) is 0 Å². The minimum absolute atomic E-state index is 0.0178. The Balaban J connectivity index is 2.94. The van der Waals surface area contributed by atoms with Gasteiger partial charge in [-0.05, 0) is 43.7 Å². The number of benzene rings is 1. The number of nitrogens with one attached hydrogen (secondary N) is 2. The molecule has 2 N–H and O–H groups in total. The van der Waals surface area contributed by atoms with Crippen LogP contribution in [0.5, 0.6) is 0 Å². The number of urea groups is 1. The molecule has 25 heavy (non-hydrogen) atoms. The zero-order valence-corrected chi connectivity index (χ0v) is 16.9. The lowest BCUT2D eigenvalue weighted by Gasteiger charge is -2.25. The number of carbonyl (C=O) groups is 2. The quantitative estimate of drug-likeness (QED) is 0.833. The molecule has 0 atom stereocenters. The molecule has 1 aromatic rings. The SMILES string of the molecule is CC(C)c1cccc(C(C)C)c1NC(=O)N(C)CC(=O)NC(C)(C)C. The van der Waals surface area contributed by atoms with E-state index in [9.17, 15) is 9.59 Å². The van der Waals surface area contributed by atoms with Crippen molar-refractivity contribution < 1.29 is 9.59 Å². The maximum Gasteiger partial charge on any atom is 0.322 e. The molecule has 5 heteroatoms. The Kier molecular flexibility index (Phi) is 7.03.